The summed E-state index contributed by atoms with van der Waals surface area (Å²) >= 11 is 6.08. The molecule has 0 fully saturated rings. The maximum absolute atomic E-state index is 13.8. The van der Waals surface area contributed by atoms with Crippen molar-refractivity contribution in [1.82, 2.24) is 10.2 Å². The topological polar surface area (TPSA) is 86.8 Å². The molecule has 0 aliphatic carbocycles. The minimum atomic E-state index is -3.57. The molecule has 0 saturated carbocycles. The number of nitrogens with zero attached hydrogens (tertiary/aromatic N) is 2. The maximum Gasteiger partial charge on any atom is 0.243 e. The highest BCUT2D eigenvalue weighted by Gasteiger charge is 2.30. The van der Waals surface area contributed by atoms with Crippen LogP contribution >= 0.6 is 11.6 Å². The number of carbonyl (C=O) groups excluding carboxylic acids is 2. The molecule has 0 unspecified atom stereocenters. The van der Waals surface area contributed by atoms with Gasteiger partial charge in [-0.05, 0) is 67.6 Å². The number of hydrogen-bond donors (Lipinski definition) is 1. The van der Waals surface area contributed by atoms with Crippen molar-refractivity contribution in [3.63, 3.8) is 0 Å². The highest BCUT2D eigenvalue weighted by Crippen LogP contribution is 2.26. The Morgan fingerprint density at radius 3 is 2.23 bits per heavy atom. The molecule has 0 heterocycles. The number of aryl methyl sites for hydroxylation is 1. The van der Waals surface area contributed by atoms with Gasteiger partial charge in [-0.3, -0.25) is 13.9 Å². The van der Waals surface area contributed by atoms with E-state index in [0.29, 0.717) is 30.1 Å². The van der Waals surface area contributed by atoms with Crippen LogP contribution in [0, 0.1) is 13.8 Å². The minimum Gasteiger partial charge on any atom is -0.355 e. The van der Waals surface area contributed by atoms with Gasteiger partial charge in [0.1, 0.15) is 6.04 Å². The summed E-state index contributed by atoms with van der Waals surface area (Å²) in [5, 5.41) is 3.46. The van der Waals surface area contributed by atoms with Crippen molar-refractivity contribution >= 4 is 39.1 Å². The first-order valence-electron chi connectivity index (χ1n) is 13.4. The summed E-state index contributed by atoms with van der Waals surface area (Å²) in [6, 6.07) is 21.6. The number of rotatable bonds is 13. The van der Waals surface area contributed by atoms with E-state index in [1.54, 1.807) is 23.1 Å². The summed E-state index contributed by atoms with van der Waals surface area (Å²) < 4.78 is 26.8. The molecule has 0 radical (unpaired) electrons. The van der Waals surface area contributed by atoms with E-state index in [4.69, 9.17) is 11.6 Å². The molecule has 2 amide bonds. The number of hydrogen-bond acceptors (Lipinski definition) is 4. The van der Waals surface area contributed by atoms with Gasteiger partial charge in [0, 0.05) is 37.5 Å². The lowest BCUT2D eigenvalue weighted by molar-refractivity contribution is -0.141. The zero-order valence-corrected chi connectivity index (χ0v) is 25.1. The van der Waals surface area contributed by atoms with E-state index in [2.05, 4.69) is 5.32 Å². The third kappa shape index (κ3) is 8.57. The average molecular weight is 584 g/mol. The molecule has 1 atom stereocenters. The Morgan fingerprint density at radius 1 is 0.925 bits per heavy atom. The van der Waals surface area contributed by atoms with Crippen molar-refractivity contribution in [3.05, 3.63) is 100 Å². The molecule has 40 heavy (non-hydrogen) atoms. The molecule has 0 spiro atoms. The molecule has 3 rings (SSSR count). The van der Waals surface area contributed by atoms with Crippen LogP contribution < -0.4 is 9.62 Å². The molecule has 1 N–H and O–H groups in total. The predicted octanol–water partition coefficient (Wildman–Crippen LogP) is 5.28. The average Bonchev–Trinajstić information content (AvgIpc) is 2.91. The van der Waals surface area contributed by atoms with Crippen LogP contribution in [0.2, 0.25) is 5.02 Å². The van der Waals surface area contributed by atoms with Crippen molar-refractivity contribution in [2.45, 2.75) is 52.6 Å². The lowest BCUT2D eigenvalue weighted by Crippen LogP contribution is -2.50. The van der Waals surface area contributed by atoms with Crippen LogP contribution in [0.25, 0.3) is 0 Å². The summed E-state index contributed by atoms with van der Waals surface area (Å²) in [5.41, 5.74) is 4.25. The van der Waals surface area contributed by atoms with E-state index in [1.165, 1.54) is 10.6 Å². The van der Waals surface area contributed by atoms with Gasteiger partial charge in [0.05, 0.1) is 11.9 Å². The van der Waals surface area contributed by atoms with Gasteiger partial charge < -0.3 is 10.2 Å². The molecule has 3 aromatic rings. The van der Waals surface area contributed by atoms with Crippen molar-refractivity contribution < 1.29 is 18.0 Å². The van der Waals surface area contributed by atoms with E-state index in [1.807, 2.05) is 75.4 Å². The van der Waals surface area contributed by atoms with E-state index in [9.17, 15) is 18.0 Å². The van der Waals surface area contributed by atoms with Crippen LogP contribution in [0.15, 0.2) is 72.8 Å². The summed E-state index contributed by atoms with van der Waals surface area (Å²) in [7, 11) is -3.57. The van der Waals surface area contributed by atoms with Gasteiger partial charge in [-0.15, -0.1) is 0 Å². The van der Waals surface area contributed by atoms with Gasteiger partial charge in [0.2, 0.25) is 21.8 Å². The fraction of sp³-hybridized carbons (Fsp3) is 0.355. The van der Waals surface area contributed by atoms with Crippen LogP contribution in [0.3, 0.4) is 0 Å². The fourth-order valence-corrected chi connectivity index (χ4v) is 5.76. The number of likely N-dealkylation sites (N-methyl/N-ethyl adjacent to an activating group) is 1. The second-order valence-electron chi connectivity index (χ2n) is 9.91. The first-order valence-corrected chi connectivity index (χ1v) is 15.6. The van der Waals surface area contributed by atoms with Gasteiger partial charge in [0.25, 0.3) is 0 Å². The molecule has 0 aliphatic heterocycles. The molecule has 0 aliphatic rings. The van der Waals surface area contributed by atoms with Crippen LogP contribution in [-0.4, -0.2) is 50.5 Å². The van der Waals surface area contributed by atoms with Crippen molar-refractivity contribution in [2.24, 2.45) is 0 Å². The maximum atomic E-state index is 13.8. The number of anilines is 1. The monoisotopic (exact) mass is 583 g/mol. The Morgan fingerprint density at radius 2 is 1.60 bits per heavy atom. The molecule has 3 aromatic carbocycles. The van der Waals surface area contributed by atoms with Gasteiger partial charge >= 0.3 is 0 Å². The quantitative estimate of drug-likeness (QED) is 0.297. The number of sulfonamides is 1. The Bertz CT molecular complexity index is 1400. The summed E-state index contributed by atoms with van der Waals surface area (Å²) in [6.07, 6.45) is 1.90. The largest absolute Gasteiger partial charge is 0.355 e. The minimum absolute atomic E-state index is 0.0785. The molecule has 214 valence electrons. The highest BCUT2D eigenvalue weighted by atomic mass is 35.5. The van der Waals surface area contributed by atoms with E-state index in [-0.39, 0.29) is 31.3 Å². The number of amides is 2. The Hall–Kier alpha value is -3.36. The van der Waals surface area contributed by atoms with Gasteiger partial charge in [-0.2, -0.15) is 0 Å². The molecular formula is C31H38ClN3O4S. The molecule has 9 heteroatoms. The third-order valence-electron chi connectivity index (χ3n) is 6.89. The van der Waals surface area contributed by atoms with Crippen molar-refractivity contribution in [3.8, 4) is 0 Å². The summed E-state index contributed by atoms with van der Waals surface area (Å²) in [5.74, 6) is -0.460. The number of carbonyl (C=O) groups is 2. The van der Waals surface area contributed by atoms with E-state index < -0.39 is 16.1 Å². The van der Waals surface area contributed by atoms with Crippen LogP contribution in [0.4, 0.5) is 5.69 Å². The number of benzene rings is 3. The summed E-state index contributed by atoms with van der Waals surface area (Å²) in [6.45, 7) is 6.47. The lowest BCUT2D eigenvalue weighted by atomic mass is 10.0. The molecule has 7 nitrogen and oxygen atoms in total. The second kappa shape index (κ2) is 14.3. The van der Waals surface area contributed by atoms with Gasteiger partial charge in [0.15, 0.2) is 0 Å². The van der Waals surface area contributed by atoms with E-state index in [0.717, 1.165) is 22.3 Å². The number of nitrogens with one attached hydrogen (secondary N) is 1. The first kappa shape index (κ1) is 31.2. The standard InChI is InChI=1S/C31H38ClN3O4S/c1-5-33-31(37)29(21-25-12-7-6-8-13-25)34(22-26-16-18-27(32)19-17-26)30(36)15-10-20-35(40(4,38)39)28-14-9-11-23(2)24(28)3/h6-9,11-14,16-19,29H,5,10,15,20-22H2,1-4H3,(H,33,37)/t29-/m1/s1. The number of halogens is 1. The van der Waals surface area contributed by atoms with Crippen molar-refractivity contribution in [2.75, 3.05) is 23.7 Å². The normalized spacial score (nSPS) is 12.0. The van der Waals surface area contributed by atoms with E-state index >= 15 is 0 Å². The van der Waals surface area contributed by atoms with Gasteiger partial charge in [-0.25, -0.2) is 8.42 Å². The zero-order chi connectivity index (χ0) is 29.3. The van der Waals surface area contributed by atoms with Crippen LogP contribution in [0.5, 0.6) is 0 Å². The fourth-order valence-electron chi connectivity index (χ4n) is 4.62. The lowest BCUT2D eigenvalue weighted by Gasteiger charge is -2.32. The summed E-state index contributed by atoms with van der Waals surface area (Å²) in [4.78, 5) is 28.7. The Balaban J connectivity index is 1.87. The zero-order valence-electron chi connectivity index (χ0n) is 23.6. The SMILES string of the molecule is CCNC(=O)[C@@H](Cc1ccccc1)N(Cc1ccc(Cl)cc1)C(=O)CCCN(c1cccc(C)c1C)S(C)(=O)=O. The third-order valence-corrected chi connectivity index (χ3v) is 8.32. The van der Waals surface area contributed by atoms with Crippen molar-refractivity contribution in [1.29, 1.82) is 0 Å². The Labute approximate surface area is 243 Å². The molecule has 0 aromatic heterocycles. The predicted molar refractivity (Wildman–Crippen MR) is 162 cm³/mol. The smallest absolute Gasteiger partial charge is 0.243 e. The first-order chi connectivity index (χ1) is 19.0. The second-order valence-corrected chi connectivity index (χ2v) is 12.2. The molecular weight excluding hydrogens is 546 g/mol. The molecule has 0 bridgehead atoms. The van der Waals surface area contributed by atoms with Gasteiger partial charge in [-0.1, -0.05) is 66.2 Å². The van der Waals surface area contributed by atoms with Crippen LogP contribution in [-0.2, 0) is 32.6 Å². The Kier molecular flexibility index (Phi) is 11.2. The van der Waals surface area contributed by atoms with Crippen LogP contribution in [0.1, 0.15) is 42.0 Å². The molecule has 0 saturated heterocycles. The highest BCUT2D eigenvalue weighted by molar-refractivity contribution is 7.92.